The largest absolute Gasteiger partial charge is 0.435 e. The average Bonchev–Trinajstić information content (AvgIpc) is 3.94. The monoisotopic (exact) mass is 819 g/mol. The fraction of sp³-hybridized carbons (Fsp3) is 0.143. The van der Waals surface area contributed by atoms with Crippen molar-refractivity contribution in [2.45, 2.75) is 53.8 Å². The molecule has 0 saturated carbocycles. The molecule has 0 atom stereocenters. The Kier molecular flexibility index (Phi) is 10.9. The lowest BCUT2D eigenvalue weighted by molar-refractivity contribution is 0.618. The average molecular weight is 820 g/mol. The summed E-state index contributed by atoms with van der Waals surface area (Å²) in [6, 6.07) is 41.5. The minimum absolute atomic E-state index is 0.248. The fourth-order valence-electron chi connectivity index (χ4n) is 8.88. The molecule has 0 bridgehead atoms. The molecule has 6 nitrogen and oxygen atoms in total. The van der Waals surface area contributed by atoms with Crippen molar-refractivity contribution >= 4 is 53.5 Å². The third-order valence-electron chi connectivity index (χ3n) is 12.2. The van der Waals surface area contributed by atoms with Crippen molar-refractivity contribution in [3.8, 4) is 45.4 Å². The van der Waals surface area contributed by atoms with Crippen molar-refractivity contribution in [1.29, 1.82) is 0 Å². The van der Waals surface area contributed by atoms with E-state index in [1.54, 1.807) is 0 Å². The van der Waals surface area contributed by atoms with Gasteiger partial charge < -0.3 is 8.98 Å². The van der Waals surface area contributed by atoms with Crippen molar-refractivity contribution in [2.75, 3.05) is 0 Å². The van der Waals surface area contributed by atoms with E-state index in [1.165, 1.54) is 16.7 Å². The van der Waals surface area contributed by atoms with E-state index in [9.17, 15) is 0 Å². The summed E-state index contributed by atoms with van der Waals surface area (Å²) in [4.78, 5) is 20.0. The zero-order valence-corrected chi connectivity index (χ0v) is 37.1. The second-order valence-electron chi connectivity index (χ2n) is 16.8. The maximum Gasteiger partial charge on any atom is 0.227 e. The number of oxazole rings is 1. The van der Waals surface area contributed by atoms with E-state index in [0.29, 0.717) is 23.4 Å². The lowest BCUT2D eigenvalue weighted by atomic mass is 9.81. The molecule has 0 amide bonds. The number of benzene rings is 5. The first-order valence-electron chi connectivity index (χ1n) is 21.7. The number of fused-ring (bicyclic) bond motifs is 5. The van der Waals surface area contributed by atoms with Gasteiger partial charge in [-0.15, -0.1) is 5.98 Å². The molecule has 5 aromatic carbocycles. The van der Waals surface area contributed by atoms with Crippen LogP contribution in [0.3, 0.4) is 0 Å². The van der Waals surface area contributed by atoms with Gasteiger partial charge in [0.15, 0.2) is 23.1 Å². The SMILES string of the molecule is C=Cc1c(/C=C(\C)c2ccc3c(c2)C(C)(C)c2ccc4nc(-c5ccccc5)oc4c2-3)c(/C=C(\C)c2nc(-c3ccccc3)nc(-c3ccccc3)n2)c(C)n1/C(C)=C/C=C\BC. The minimum Gasteiger partial charge on any atom is -0.435 e. The van der Waals surface area contributed by atoms with Crippen LogP contribution in [-0.4, -0.2) is 31.8 Å². The molecule has 308 valence electrons. The van der Waals surface area contributed by atoms with E-state index in [1.807, 2.05) is 97.1 Å². The number of hydrogen-bond acceptors (Lipinski definition) is 5. The summed E-state index contributed by atoms with van der Waals surface area (Å²) < 4.78 is 8.87. The molecule has 0 radical (unpaired) electrons. The Bertz CT molecular complexity index is 3110. The number of nitrogens with zero attached hydrogens (tertiary/aromatic N) is 5. The molecule has 9 rings (SSSR count). The predicted molar refractivity (Wildman–Crippen MR) is 266 cm³/mol. The number of allylic oxidation sites excluding steroid dienone is 5. The van der Waals surface area contributed by atoms with E-state index in [-0.39, 0.29) is 5.41 Å². The smallest absolute Gasteiger partial charge is 0.227 e. The molecule has 8 aromatic rings. The molecule has 63 heavy (non-hydrogen) atoms. The van der Waals surface area contributed by atoms with Crippen LogP contribution in [0.1, 0.15) is 79.6 Å². The van der Waals surface area contributed by atoms with E-state index >= 15 is 0 Å². The van der Waals surface area contributed by atoms with Crippen molar-refractivity contribution < 1.29 is 4.42 Å². The number of aromatic nitrogens is 5. The Morgan fingerprint density at radius 3 is 1.94 bits per heavy atom. The highest BCUT2D eigenvalue weighted by atomic mass is 16.3. The van der Waals surface area contributed by atoms with Crippen LogP contribution in [0.15, 0.2) is 150 Å². The normalized spacial score (nSPS) is 13.7. The van der Waals surface area contributed by atoms with Gasteiger partial charge in [-0.2, -0.15) is 0 Å². The summed E-state index contributed by atoms with van der Waals surface area (Å²) in [5, 5.41) is 0. The molecule has 3 heterocycles. The zero-order valence-electron chi connectivity index (χ0n) is 37.1. The van der Waals surface area contributed by atoms with Crippen LogP contribution >= 0.6 is 0 Å². The van der Waals surface area contributed by atoms with Gasteiger partial charge in [0.25, 0.3) is 0 Å². The summed E-state index contributed by atoms with van der Waals surface area (Å²) in [5.74, 6) is 4.69. The summed E-state index contributed by atoms with van der Waals surface area (Å²) >= 11 is 0. The Hall–Kier alpha value is -7.38. The summed E-state index contributed by atoms with van der Waals surface area (Å²) in [6.07, 6.45) is 10.8. The van der Waals surface area contributed by atoms with Gasteiger partial charge in [0, 0.05) is 50.2 Å². The van der Waals surface area contributed by atoms with Crippen molar-refractivity contribution in [3.63, 3.8) is 0 Å². The van der Waals surface area contributed by atoms with Gasteiger partial charge in [-0.25, -0.2) is 19.9 Å². The maximum absolute atomic E-state index is 6.57. The second kappa shape index (κ2) is 16.8. The summed E-state index contributed by atoms with van der Waals surface area (Å²) in [5.41, 5.74) is 17.7. The van der Waals surface area contributed by atoms with E-state index in [0.717, 1.165) is 85.6 Å². The predicted octanol–water partition coefficient (Wildman–Crippen LogP) is 14.1. The third-order valence-corrected chi connectivity index (χ3v) is 12.2. The molecular formula is C56H50BN5O. The van der Waals surface area contributed by atoms with Gasteiger partial charge in [0.1, 0.15) is 12.8 Å². The molecule has 0 saturated heterocycles. The second-order valence-corrected chi connectivity index (χ2v) is 16.8. The molecule has 0 aliphatic heterocycles. The number of rotatable bonds is 11. The topological polar surface area (TPSA) is 69.6 Å². The van der Waals surface area contributed by atoms with Crippen molar-refractivity contribution in [3.05, 3.63) is 191 Å². The zero-order chi connectivity index (χ0) is 43.8. The molecule has 7 heteroatoms. The van der Waals surface area contributed by atoms with E-state index in [4.69, 9.17) is 24.4 Å². The lowest BCUT2D eigenvalue weighted by Gasteiger charge is -2.22. The maximum atomic E-state index is 6.57. The third kappa shape index (κ3) is 7.54. The van der Waals surface area contributed by atoms with E-state index in [2.05, 4.69) is 120 Å². The summed E-state index contributed by atoms with van der Waals surface area (Å²) in [6.45, 7) is 19.8. The molecule has 0 N–H and O–H groups in total. The molecule has 0 fully saturated rings. The Morgan fingerprint density at radius 2 is 1.32 bits per heavy atom. The highest BCUT2D eigenvalue weighted by Gasteiger charge is 2.38. The first kappa shape index (κ1) is 41.0. The van der Waals surface area contributed by atoms with E-state index < -0.39 is 0 Å². The van der Waals surface area contributed by atoms with Crippen molar-refractivity contribution in [1.82, 2.24) is 24.5 Å². The Balaban J connectivity index is 1.18. The minimum atomic E-state index is -0.248. The van der Waals surface area contributed by atoms with Crippen LogP contribution in [0.2, 0.25) is 6.82 Å². The van der Waals surface area contributed by atoms with Gasteiger partial charge in [-0.3, -0.25) is 0 Å². The highest BCUT2D eigenvalue weighted by molar-refractivity contribution is 6.40. The van der Waals surface area contributed by atoms with Crippen LogP contribution in [-0.2, 0) is 5.41 Å². The van der Waals surface area contributed by atoms with Crippen LogP contribution < -0.4 is 0 Å². The highest BCUT2D eigenvalue weighted by Crippen LogP contribution is 2.52. The van der Waals surface area contributed by atoms with Gasteiger partial charge in [0.2, 0.25) is 5.89 Å². The number of hydrogen-bond donors (Lipinski definition) is 0. The Morgan fingerprint density at radius 1 is 0.698 bits per heavy atom. The molecule has 0 unspecified atom stereocenters. The van der Waals surface area contributed by atoms with Crippen LogP contribution in [0.4, 0.5) is 0 Å². The standard InChI is InChI=1S/C56H50BN5O/c1-9-49-45(32-35(2)42-27-28-43-47(34-42)56(6,7)46-29-30-48-51(50(43)46)63-55(58-48)41-25-17-12-18-26-41)44(38(5)62(49)37(4)20-19-31-57-8)33-36(3)52-59-53(39-21-13-10-14-22-39)61-54(60-52)40-23-15-11-16-24-40/h9-34,57H,1H2,2-8H3/b31-19-,35-32+,36-33+,37-20+. The van der Waals surface area contributed by atoms with Crippen molar-refractivity contribution in [2.24, 2.45) is 0 Å². The molecule has 3 aromatic heterocycles. The van der Waals surface area contributed by atoms with Crippen LogP contribution in [0.5, 0.6) is 0 Å². The molecule has 1 aliphatic carbocycles. The molecule has 0 spiro atoms. The van der Waals surface area contributed by atoms with Gasteiger partial charge in [0.05, 0.1) is 5.69 Å². The van der Waals surface area contributed by atoms with Gasteiger partial charge >= 0.3 is 0 Å². The van der Waals surface area contributed by atoms with Gasteiger partial charge in [-0.05, 0) is 110 Å². The summed E-state index contributed by atoms with van der Waals surface area (Å²) in [7, 11) is 0.964. The first-order valence-corrected chi connectivity index (χ1v) is 21.7. The first-order chi connectivity index (χ1) is 30.6. The Labute approximate surface area is 371 Å². The molecule has 1 aliphatic rings. The van der Waals surface area contributed by atoms with Gasteiger partial charge in [-0.1, -0.05) is 130 Å². The lowest BCUT2D eigenvalue weighted by Crippen LogP contribution is -2.15. The van der Waals surface area contributed by atoms with Crippen LogP contribution in [0, 0.1) is 6.92 Å². The van der Waals surface area contributed by atoms with Crippen LogP contribution in [0.25, 0.3) is 91.5 Å². The molecular weight excluding hydrogens is 769 g/mol. The fourth-order valence-corrected chi connectivity index (χ4v) is 8.88. The quantitative estimate of drug-likeness (QED) is 0.0960.